The van der Waals surface area contributed by atoms with Gasteiger partial charge >= 0.3 is 5.97 Å². The number of rotatable bonds is 8. The van der Waals surface area contributed by atoms with Gasteiger partial charge < -0.3 is 19.9 Å². The van der Waals surface area contributed by atoms with E-state index >= 15 is 0 Å². The molecule has 0 saturated heterocycles. The Balaban J connectivity index is 0.00000320. The average molecular weight is 407 g/mol. The van der Waals surface area contributed by atoms with Crippen molar-refractivity contribution in [1.82, 2.24) is 4.57 Å². The Hall–Kier alpha value is -3.64. The molecule has 0 bridgehead atoms. The van der Waals surface area contributed by atoms with Crippen LogP contribution in [0.2, 0.25) is 0 Å². The molecule has 3 N–H and O–H groups in total. The third-order valence-corrected chi connectivity index (χ3v) is 4.51. The van der Waals surface area contributed by atoms with E-state index in [4.69, 9.17) is 9.84 Å². The first-order chi connectivity index (χ1) is 13.9. The lowest BCUT2D eigenvalue weighted by molar-refractivity contribution is -0.144. The number of carbonyl (C=O) groups is 2. The van der Waals surface area contributed by atoms with Crippen LogP contribution >= 0.6 is 0 Å². The van der Waals surface area contributed by atoms with E-state index in [1.54, 1.807) is 12.1 Å². The molecule has 156 valence electrons. The van der Waals surface area contributed by atoms with Crippen molar-refractivity contribution in [2.45, 2.75) is 26.5 Å². The highest BCUT2D eigenvalue weighted by Gasteiger charge is 2.13. The number of benzene rings is 2. The maximum absolute atomic E-state index is 12.8. The SMILES string of the molecule is Cc1ccc(C(=O)c2cccn2C/C=C/c2cccc(O[C@@H](C)C(=O)O)c2)cc1.O. The first kappa shape index (κ1) is 22.6. The van der Waals surface area contributed by atoms with E-state index in [1.165, 1.54) is 6.92 Å². The number of carboxylic acid groups (broad SMARTS) is 1. The van der Waals surface area contributed by atoms with E-state index in [0.717, 1.165) is 11.1 Å². The summed E-state index contributed by atoms with van der Waals surface area (Å²) >= 11 is 0. The number of nitrogens with zero attached hydrogens (tertiary/aromatic N) is 1. The smallest absolute Gasteiger partial charge is 0.344 e. The highest BCUT2D eigenvalue weighted by molar-refractivity contribution is 6.08. The van der Waals surface area contributed by atoms with Crippen LogP contribution in [0, 0.1) is 6.92 Å². The monoisotopic (exact) mass is 407 g/mol. The van der Waals surface area contributed by atoms with Crippen LogP contribution in [-0.2, 0) is 11.3 Å². The molecule has 1 aromatic heterocycles. The van der Waals surface area contributed by atoms with E-state index in [0.29, 0.717) is 23.6 Å². The second-order valence-corrected chi connectivity index (χ2v) is 6.81. The molecule has 3 aromatic rings. The van der Waals surface area contributed by atoms with Crippen LogP contribution < -0.4 is 4.74 Å². The summed E-state index contributed by atoms with van der Waals surface area (Å²) in [5, 5.41) is 8.96. The molecular formula is C24H25NO5. The summed E-state index contributed by atoms with van der Waals surface area (Å²) in [6, 6.07) is 18.4. The molecule has 0 aliphatic rings. The number of carboxylic acids is 1. The van der Waals surface area contributed by atoms with Crippen molar-refractivity contribution in [3.63, 3.8) is 0 Å². The predicted molar refractivity (Wildman–Crippen MR) is 116 cm³/mol. The number of aryl methyl sites for hydroxylation is 1. The molecule has 1 heterocycles. The second-order valence-electron chi connectivity index (χ2n) is 6.81. The molecule has 0 saturated carbocycles. The van der Waals surface area contributed by atoms with E-state index in [-0.39, 0.29) is 11.3 Å². The van der Waals surface area contributed by atoms with Crippen LogP contribution in [0.5, 0.6) is 5.75 Å². The highest BCUT2D eigenvalue weighted by Crippen LogP contribution is 2.17. The topological polar surface area (TPSA) is 100 Å². The van der Waals surface area contributed by atoms with Gasteiger partial charge in [-0.3, -0.25) is 4.79 Å². The Labute approximate surface area is 175 Å². The van der Waals surface area contributed by atoms with Crippen molar-refractivity contribution < 1.29 is 24.9 Å². The van der Waals surface area contributed by atoms with E-state index in [1.807, 2.05) is 78.4 Å². The Bertz CT molecular complexity index is 1030. The van der Waals surface area contributed by atoms with Crippen LogP contribution in [-0.4, -0.2) is 33.0 Å². The van der Waals surface area contributed by atoms with Crippen LogP contribution in [0.15, 0.2) is 72.9 Å². The largest absolute Gasteiger partial charge is 0.479 e. The molecule has 0 spiro atoms. The molecule has 0 unspecified atom stereocenters. The zero-order valence-electron chi connectivity index (χ0n) is 16.9. The van der Waals surface area contributed by atoms with E-state index in [2.05, 4.69) is 0 Å². The fourth-order valence-corrected chi connectivity index (χ4v) is 2.88. The van der Waals surface area contributed by atoms with Crippen LogP contribution in [0.25, 0.3) is 6.08 Å². The zero-order valence-corrected chi connectivity index (χ0v) is 16.9. The van der Waals surface area contributed by atoms with Crippen molar-refractivity contribution in [1.29, 1.82) is 0 Å². The first-order valence-electron chi connectivity index (χ1n) is 9.36. The molecule has 1 atom stereocenters. The number of aromatic nitrogens is 1. The number of carbonyl (C=O) groups excluding carboxylic acids is 1. The van der Waals surface area contributed by atoms with Gasteiger partial charge in [-0.25, -0.2) is 4.79 Å². The van der Waals surface area contributed by atoms with Crippen LogP contribution in [0.4, 0.5) is 0 Å². The van der Waals surface area contributed by atoms with Crippen LogP contribution in [0.3, 0.4) is 0 Å². The summed E-state index contributed by atoms with van der Waals surface area (Å²) in [5.74, 6) is -0.524. The summed E-state index contributed by atoms with van der Waals surface area (Å²) in [5.41, 5.74) is 3.30. The quantitative estimate of drug-likeness (QED) is 0.575. The summed E-state index contributed by atoms with van der Waals surface area (Å²) in [6.07, 6.45) is 4.83. The minimum Gasteiger partial charge on any atom is -0.479 e. The van der Waals surface area contributed by atoms with Gasteiger partial charge in [0, 0.05) is 18.3 Å². The highest BCUT2D eigenvalue weighted by atomic mass is 16.5. The lowest BCUT2D eigenvalue weighted by atomic mass is 10.1. The average Bonchev–Trinajstić information content (AvgIpc) is 3.17. The Morgan fingerprint density at radius 2 is 1.83 bits per heavy atom. The van der Waals surface area contributed by atoms with Crippen LogP contribution in [0.1, 0.15) is 34.1 Å². The number of ether oxygens (including phenoxy) is 1. The molecule has 0 amide bonds. The second kappa shape index (κ2) is 10.2. The predicted octanol–water partition coefficient (Wildman–Crippen LogP) is 3.77. The fourth-order valence-electron chi connectivity index (χ4n) is 2.88. The summed E-state index contributed by atoms with van der Waals surface area (Å²) < 4.78 is 7.29. The Morgan fingerprint density at radius 3 is 2.53 bits per heavy atom. The van der Waals surface area contributed by atoms with Gasteiger partial charge in [0.2, 0.25) is 5.78 Å². The van der Waals surface area contributed by atoms with Gasteiger partial charge in [0.15, 0.2) is 6.10 Å². The lowest BCUT2D eigenvalue weighted by Crippen LogP contribution is -2.22. The molecule has 6 heteroatoms. The molecule has 3 rings (SSSR count). The molecule has 0 aliphatic carbocycles. The van der Waals surface area contributed by atoms with Crippen molar-refractivity contribution in [2.75, 3.05) is 0 Å². The van der Waals surface area contributed by atoms with Crippen molar-refractivity contribution in [2.24, 2.45) is 0 Å². The third kappa shape index (κ3) is 5.68. The Kier molecular flexibility index (Phi) is 7.72. The van der Waals surface area contributed by atoms with Crippen molar-refractivity contribution >= 4 is 17.8 Å². The maximum Gasteiger partial charge on any atom is 0.344 e. The number of hydrogen-bond donors (Lipinski definition) is 1. The minimum absolute atomic E-state index is 0. The number of allylic oxidation sites excluding steroid dienone is 1. The number of ketones is 1. The van der Waals surface area contributed by atoms with Crippen molar-refractivity contribution in [3.8, 4) is 5.75 Å². The molecule has 0 aliphatic heterocycles. The Morgan fingerprint density at radius 1 is 1.10 bits per heavy atom. The zero-order chi connectivity index (χ0) is 20.8. The molecular weight excluding hydrogens is 382 g/mol. The first-order valence-corrected chi connectivity index (χ1v) is 9.36. The van der Waals surface area contributed by atoms with E-state index in [9.17, 15) is 9.59 Å². The van der Waals surface area contributed by atoms with Gasteiger partial charge in [-0.05, 0) is 43.7 Å². The fraction of sp³-hybridized carbons (Fsp3) is 0.167. The van der Waals surface area contributed by atoms with Crippen molar-refractivity contribution in [3.05, 3.63) is 95.3 Å². The lowest BCUT2D eigenvalue weighted by Gasteiger charge is -2.10. The molecule has 0 radical (unpaired) electrons. The summed E-state index contributed by atoms with van der Waals surface area (Å²) in [4.78, 5) is 23.7. The molecule has 6 nitrogen and oxygen atoms in total. The molecule has 0 fully saturated rings. The van der Waals surface area contributed by atoms with Gasteiger partial charge in [0.05, 0.1) is 5.69 Å². The van der Waals surface area contributed by atoms with E-state index < -0.39 is 12.1 Å². The minimum atomic E-state index is -1.01. The number of aliphatic carboxylic acids is 1. The summed E-state index contributed by atoms with van der Waals surface area (Å²) in [6.45, 7) is 4.02. The maximum atomic E-state index is 12.8. The standard InChI is InChI=1S/C24H23NO4.H2O/c1-17-10-12-20(13-11-17)23(26)22-9-5-15-25(22)14-4-7-19-6-3-8-21(16-19)29-18(2)24(27)28;/h3-13,15-16,18H,14H2,1-2H3,(H,27,28);1H2/b7-4+;/t18-;/m0./s1. The third-order valence-electron chi connectivity index (χ3n) is 4.51. The summed E-state index contributed by atoms with van der Waals surface area (Å²) in [7, 11) is 0. The molecule has 2 aromatic carbocycles. The van der Waals surface area contributed by atoms with Gasteiger partial charge in [-0.1, -0.05) is 54.1 Å². The normalized spacial score (nSPS) is 11.7. The molecule has 30 heavy (non-hydrogen) atoms. The van der Waals surface area contributed by atoms with Gasteiger partial charge in [-0.2, -0.15) is 0 Å². The number of hydrogen-bond acceptors (Lipinski definition) is 3. The van der Waals surface area contributed by atoms with Gasteiger partial charge in [0.25, 0.3) is 0 Å². The van der Waals surface area contributed by atoms with Gasteiger partial charge in [0.1, 0.15) is 5.75 Å². The van der Waals surface area contributed by atoms with Gasteiger partial charge in [-0.15, -0.1) is 0 Å².